The Labute approximate surface area is 96.7 Å². The molecule has 0 radical (unpaired) electrons. The molecule has 1 aromatic rings. The van der Waals surface area contributed by atoms with Crippen molar-refractivity contribution in [3.05, 3.63) is 45.2 Å². The van der Waals surface area contributed by atoms with Gasteiger partial charge < -0.3 is 9.84 Å². The molecule has 1 aromatic carbocycles. The van der Waals surface area contributed by atoms with Crippen molar-refractivity contribution in [1.29, 1.82) is 0 Å². The van der Waals surface area contributed by atoms with Gasteiger partial charge in [-0.15, -0.1) is 0 Å². The fourth-order valence-corrected chi connectivity index (χ4v) is 1.82. The minimum Gasteiger partial charge on any atom is -0.501 e. The van der Waals surface area contributed by atoms with Gasteiger partial charge >= 0.3 is 0 Å². The molecular formula is C11H11IO2. The molecule has 0 fully saturated rings. The van der Waals surface area contributed by atoms with Gasteiger partial charge in [0.1, 0.15) is 6.10 Å². The summed E-state index contributed by atoms with van der Waals surface area (Å²) in [7, 11) is 0. The SMILES string of the molecule is OC(C1=COCC1)c1ccc(I)cc1. The zero-order valence-corrected chi connectivity index (χ0v) is 9.77. The van der Waals surface area contributed by atoms with E-state index in [0.29, 0.717) is 6.61 Å². The second kappa shape index (κ2) is 4.31. The summed E-state index contributed by atoms with van der Waals surface area (Å²) in [4.78, 5) is 0. The Morgan fingerprint density at radius 2 is 2.00 bits per heavy atom. The number of aliphatic hydroxyl groups excluding tert-OH is 1. The summed E-state index contributed by atoms with van der Waals surface area (Å²) in [6.45, 7) is 0.691. The Kier molecular flexibility index (Phi) is 3.08. The summed E-state index contributed by atoms with van der Waals surface area (Å²) in [5.74, 6) is 0. The van der Waals surface area contributed by atoms with E-state index in [2.05, 4.69) is 22.6 Å². The van der Waals surface area contributed by atoms with Crippen LogP contribution in [0.25, 0.3) is 0 Å². The number of aliphatic hydroxyl groups is 1. The molecule has 2 nitrogen and oxygen atoms in total. The first-order valence-electron chi connectivity index (χ1n) is 4.51. The molecule has 1 N–H and O–H groups in total. The molecule has 1 aliphatic rings. The van der Waals surface area contributed by atoms with E-state index < -0.39 is 6.10 Å². The molecule has 0 saturated heterocycles. The van der Waals surface area contributed by atoms with E-state index in [1.807, 2.05) is 24.3 Å². The van der Waals surface area contributed by atoms with Gasteiger partial charge in [-0.05, 0) is 40.3 Å². The zero-order chi connectivity index (χ0) is 9.97. The second-order valence-corrected chi connectivity index (χ2v) is 4.51. The molecule has 74 valence electrons. The molecular weight excluding hydrogens is 291 g/mol. The maximum atomic E-state index is 9.96. The topological polar surface area (TPSA) is 29.5 Å². The first-order chi connectivity index (χ1) is 6.77. The Bertz CT molecular complexity index is 343. The number of benzene rings is 1. The van der Waals surface area contributed by atoms with E-state index in [4.69, 9.17) is 4.74 Å². The molecule has 0 aromatic heterocycles. The number of hydrogen-bond acceptors (Lipinski definition) is 2. The van der Waals surface area contributed by atoms with Crippen molar-refractivity contribution < 1.29 is 9.84 Å². The van der Waals surface area contributed by atoms with Crippen LogP contribution in [0.5, 0.6) is 0 Å². The van der Waals surface area contributed by atoms with Gasteiger partial charge in [-0.2, -0.15) is 0 Å². The van der Waals surface area contributed by atoms with Crippen molar-refractivity contribution in [2.45, 2.75) is 12.5 Å². The number of halogens is 1. The van der Waals surface area contributed by atoms with Crippen molar-refractivity contribution >= 4 is 22.6 Å². The maximum absolute atomic E-state index is 9.96. The molecule has 1 atom stereocenters. The van der Waals surface area contributed by atoms with Crippen molar-refractivity contribution in [2.24, 2.45) is 0 Å². The predicted octanol–water partition coefficient (Wildman–Crippen LogP) is 2.63. The predicted molar refractivity (Wildman–Crippen MR) is 62.8 cm³/mol. The minimum atomic E-state index is -0.505. The standard InChI is InChI=1S/C11H11IO2/c12-10-3-1-8(2-4-10)11(13)9-5-6-14-7-9/h1-4,7,11,13H,5-6H2. The van der Waals surface area contributed by atoms with Gasteiger partial charge in [0.05, 0.1) is 12.9 Å². The van der Waals surface area contributed by atoms with Gasteiger partial charge in [0.25, 0.3) is 0 Å². The van der Waals surface area contributed by atoms with E-state index >= 15 is 0 Å². The molecule has 0 aliphatic carbocycles. The summed E-state index contributed by atoms with van der Waals surface area (Å²) in [5, 5.41) is 9.96. The third-order valence-electron chi connectivity index (χ3n) is 2.28. The highest BCUT2D eigenvalue weighted by molar-refractivity contribution is 14.1. The molecule has 0 saturated carbocycles. The Balaban J connectivity index is 2.18. The number of ether oxygens (including phenoxy) is 1. The van der Waals surface area contributed by atoms with Crippen LogP contribution in [-0.2, 0) is 4.74 Å². The highest BCUT2D eigenvalue weighted by Gasteiger charge is 2.16. The summed E-state index contributed by atoms with van der Waals surface area (Å²) in [6.07, 6.45) is 1.99. The molecule has 0 spiro atoms. The maximum Gasteiger partial charge on any atom is 0.103 e. The second-order valence-electron chi connectivity index (χ2n) is 3.27. The average molecular weight is 302 g/mol. The van der Waals surface area contributed by atoms with Crippen LogP contribution in [0.4, 0.5) is 0 Å². The van der Waals surface area contributed by atoms with Crippen LogP contribution in [0.2, 0.25) is 0 Å². The molecule has 0 amide bonds. The van der Waals surface area contributed by atoms with Crippen molar-refractivity contribution in [3.63, 3.8) is 0 Å². The van der Waals surface area contributed by atoms with Crippen LogP contribution < -0.4 is 0 Å². The Morgan fingerprint density at radius 1 is 1.29 bits per heavy atom. The molecule has 1 heterocycles. The minimum absolute atomic E-state index is 0.505. The molecule has 14 heavy (non-hydrogen) atoms. The molecule has 1 aliphatic heterocycles. The smallest absolute Gasteiger partial charge is 0.103 e. The van der Waals surface area contributed by atoms with E-state index in [-0.39, 0.29) is 0 Å². The van der Waals surface area contributed by atoms with Crippen molar-refractivity contribution in [1.82, 2.24) is 0 Å². The zero-order valence-electron chi connectivity index (χ0n) is 7.61. The van der Waals surface area contributed by atoms with E-state index in [1.54, 1.807) is 6.26 Å². The summed E-state index contributed by atoms with van der Waals surface area (Å²) < 4.78 is 6.28. The molecule has 2 rings (SSSR count). The molecule has 3 heteroatoms. The summed E-state index contributed by atoms with van der Waals surface area (Å²) in [6, 6.07) is 7.89. The van der Waals surface area contributed by atoms with Crippen molar-refractivity contribution in [2.75, 3.05) is 6.61 Å². The lowest BCUT2D eigenvalue weighted by molar-refractivity contribution is 0.213. The van der Waals surface area contributed by atoms with E-state index in [0.717, 1.165) is 17.6 Å². The fourth-order valence-electron chi connectivity index (χ4n) is 1.46. The normalized spacial score (nSPS) is 17.4. The van der Waals surface area contributed by atoms with Gasteiger partial charge in [0.15, 0.2) is 0 Å². The van der Waals surface area contributed by atoms with Crippen LogP contribution in [-0.4, -0.2) is 11.7 Å². The van der Waals surface area contributed by atoms with Crippen LogP contribution in [0.3, 0.4) is 0 Å². The summed E-state index contributed by atoms with van der Waals surface area (Å²) >= 11 is 2.25. The number of rotatable bonds is 2. The fraction of sp³-hybridized carbons (Fsp3) is 0.273. The quantitative estimate of drug-likeness (QED) is 0.851. The molecule has 1 unspecified atom stereocenters. The van der Waals surface area contributed by atoms with Gasteiger partial charge in [-0.25, -0.2) is 0 Å². The Hall–Kier alpha value is -0.550. The molecule has 0 bridgehead atoms. The van der Waals surface area contributed by atoms with Crippen LogP contribution in [0.15, 0.2) is 36.1 Å². The monoisotopic (exact) mass is 302 g/mol. The number of hydrogen-bond donors (Lipinski definition) is 1. The van der Waals surface area contributed by atoms with E-state index in [1.165, 1.54) is 3.57 Å². The third-order valence-corrected chi connectivity index (χ3v) is 3.00. The Morgan fingerprint density at radius 3 is 2.57 bits per heavy atom. The first-order valence-corrected chi connectivity index (χ1v) is 5.59. The van der Waals surface area contributed by atoms with Gasteiger partial charge in [-0.3, -0.25) is 0 Å². The highest BCUT2D eigenvalue weighted by Crippen LogP contribution is 2.27. The van der Waals surface area contributed by atoms with Gasteiger partial charge in [0, 0.05) is 15.6 Å². The van der Waals surface area contributed by atoms with Crippen LogP contribution in [0, 0.1) is 3.57 Å². The first kappa shape index (κ1) is 9.98. The highest BCUT2D eigenvalue weighted by atomic mass is 127. The lowest BCUT2D eigenvalue weighted by Crippen LogP contribution is -2.00. The van der Waals surface area contributed by atoms with Crippen LogP contribution >= 0.6 is 22.6 Å². The average Bonchev–Trinajstić information content (AvgIpc) is 2.71. The lowest BCUT2D eigenvalue weighted by atomic mass is 10.0. The van der Waals surface area contributed by atoms with Crippen LogP contribution in [0.1, 0.15) is 18.1 Å². The van der Waals surface area contributed by atoms with Gasteiger partial charge in [0.2, 0.25) is 0 Å². The third kappa shape index (κ3) is 2.09. The largest absolute Gasteiger partial charge is 0.501 e. The van der Waals surface area contributed by atoms with Crippen molar-refractivity contribution in [3.8, 4) is 0 Å². The van der Waals surface area contributed by atoms with E-state index in [9.17, 15) is 5.11 Å². The van der Waals surface area contributed by atoms with Gasteiger partial charge in [-0.1, -0.05) is 12.1 Å². The lowest BCUT2D eigenvalue weighted by Gasteiger charge is -2.10. The summed E-state index contributed by atoms with van der Waals surface area (Å²) in [5.41, 5.74) is 1.90.